The number of ether oxygens (including phenoxy) is 2. The van der Waals surface area contributed by atoms with Gasteiger partial charge in [0.1, 0.15) is 6.07 Å². The Morgan fingerprint density at radius 3 is 2.74 bits per heavy atom. The number of nitrogens with one attached hydrogen (secondary N) is 1. The van der Waals surface area contributed by atoms with Gasteiger partial charge >= 0.3 is 0 Å². The van der Waals surface area contributed by atoms with Crippen LogP contribution in [0.5, 0.6) is 11.5 Å². The fourth-order valence-electron chi connectivity index (χ4n) is 2.48. The number of rotatable bonds is 4. The largest absolute Gasteiger partial charge is 0.454 e. The maximum atomic E-state index is 11.5. The van der Waals surface area contributed by atoms with Gasteiger partial charge in [-0.15, -0.1) is 0 Å². The average molecular weight is 308 g/mol. The smallest absolute Gasteiger partial charge is 0.231 e. The number of fused-ring (bicyclic) bond motifs is 1. The molecule has 2 aromatic carbocycles. The molecular weight excluding hydrogens is 292 g/mol. The number of nitrogens with zero attached hydrogens (tertiary/aromatic N) is 1. The summed E-state index contributed by atoms with van der Waals surface area (Å²) in [7, 11) is 0. The third-order valence-corrected chi connectivity index (χ3v) is 3.82. The van der Waals surface area contributed by atoms with Crippen LogP contribution in [-0.2, 0) is 0 Å². The molecule has 1 unspecified atom stereocenters. The zero-order valence-corrected chi connectivity index (χ0v) is 12.9. The fourth-order valence-corrected chi connectivity index (χ4v) is 2.48. The summed E-state index contributed by atoms with van der Waals surface area (Å²) in [5.74, 6) is 1.42. The highest BCUT2D eigenvalue weighted by Gasteiger charge is 2.16. The van der Waals surface area contributed by atoms with Crippen LogP contribution in [0, 0.1) is 11.3 Å². The molecule has 3 rings (SSSR count). The van der Waals surface area contributed by atoms with Crippen LogP contribution in [0.15, 0.2) is 36.4 Å². The van der Waals surface area contributed by atoms with Crippen molar-refractivity contribution in [2.75, 3.05) is 12.1 Å². The van der Waals surface area contributed by atoms with Crippen LogP contribution in [0.1, 0.15) is 41.4 Å². The van der Waals surface area contributed by atoms with Crippen LogP contribution >= 0.6 is 0 Å². The molecule has 23 heavy (non-hydrogen) atoms. The van der Waals surface area contributed by atoms with Crippen molar-refractivity contribution in [3.63, 3.8) is 0 Å². The molecule has 0 saturated heterocycles. The number of anilines is 1. The molecule has 0 radical (unpaired) electrons. The molecule has 5 nitrogen and oxygen atoms in total. The standard InChI is InChI=1S/C18H16N2O3/c1-11(13-5-6-17-18(8-13)23-10-22-17)20-16-7-14(12(2)21)3-4-15(16)9-19/h3-8,11,20H,10H2,1-2H3. The van der Waals surface area contributed by atoms with Crippen LogP contribution in [0.3, 0.4) is 0 Å². The summed E-state index contributed by atoms with van der Waals surface area (Å²) in [6, 6.07) is 12.9. The van der Waals surface area contributed by atoms with Gasteiger partial charge in [-0.2, -0.15) is 5.26 Å². The molecule has 2 aromatic rings. The molecule has 0 spiro atoms. The highest BCUT2D eigenvalue weighted by Crippen LogP contribution is 2.35. The molecule has 116 valence electrons. The van der Waals surface area contributed by atoms with Crippen molar-refractivity contribution in [3.05, 3.63) is 53.1 Å². The molecule has 1 atom stereocenters. The Bertz CT molecular complexity index is 808. The van der Waals surface area contributed by atoms with E-state index in [1.165, 1.54) is 6.92 Å². The first-order chi connectivity index (χ1) is 11.1. The summed E-state index contributed by atoms with van der Waals surface area (Å²) >= 11 is 0. The first-order valence-electron chi connectivity index (χ1n) is 7.29. The van der Waals surface area contributed by atoms with Crippen molar-refractivity contribution in [3.8, 4) is 17.6 Å². The summed E-state index contributed by atoms with van der Waals surface area (Å²) in [5.41, 5.74) is 2.73. The summed E-state index contributed by atoms with van der Waals surface area (Å²) in [5, 5.41) is 12.5. The van der Waals surface area contributed by atoms with Crippen molar-refractivity contribution >= 4 is 11.5 Å². The third kappa shape index (κ3) is 2.97. The third-order valence-electron chi connectivity index (χ3n) is 3.82. The zero-order valence-electron chi connectivity index (χ0n) is 12.9. The highest BCUT2D eigenvalue weighted by molar-refractivity contribution is 5.95. The molecule has 0 amide bonds. The lowest BCUT2D eigenvalue weighted by Crippen LogP contribution is -2.09. The van der Waals surface area contributed by atoms with Crippen LogP contribution < -0.4 is 14.8 Å². The Labute approximate surface area is 134 Å². The van der Waals surface area contributed by atoms with Gasteiger partial charge < -0.3 is 14.8 Å². The molecule has 1 aliphatic rings. The number of benzene rings is 2. The molecule has 0 bridgehead atoms. The van der Waals surface area contributed by atoms with E-state index in [0.717, 1.165) is 11.3 Å². The monoisotopic (exact) mass is 308 g/mol. The van der Waals surface area contributed by atoms with Crippen LogP contribution in [-0.4, -0.2) is 12.6 Å². The quantitative estimate of drug-likeness (QED) is 0.873. The van der Waals surface area contributed by atoms with Gasteiger partial charge in [-0.25, -0.2) is 0 Å². The topological polar surface area (TPSA) is 71.4 Å². The van der Waals surface area contributed by atoms with E-state index in [0.29, 0.717) is 22.6 Å². The molecular formula is C18H16N2O3. The van der Waals surface area contributed by atoms with Gasteiger partial charge in [0.2, 0.25) is 6.79 Å². The first-order valence-corrected chi connectivity index (χ1v) is 7.29. The average Bonchev–Trinajstić information content (AvgIpc) is 3.02. The summed E-state index contributed by atoms with van der Waals surface area (Å²) in [6.45, 7) is 3.73. The van der Waals surface area contributed by atoms with Crippen molar-refractivity contribution < 1.29 is 14.3 Å². The van der Waals surface area contributed by atoms with Gasteiger partial charge in [-0.05, 0) is 49.7 Å². The highest BCUT2D eigenvalue weighted by atomic mass is 16.7. The Balaban J connectivity index is 1.87. The number of ketones is 1. The zero-order chi connectivity index (χ0) is 16.4. The minimum absolute atomic E-state index is 0.0340. The van der Waals surface area contributed by atoms with E-state index >= 15 is 0 Å². The second-order valence-corrected chi connectivity index (χ2v) is 5.41. The Morgan fingerprint density at radius 1 is 1.22 bits per heavy atom. The van der Waals surface area contributed by atoms with E-state index in [-0.39, 0.29) is 18.6 Å². The van der Waals surface area contributed by atoms with Crippen molar-refractivity contribution in [2.45, 2.75) is 19.9 Å². The number of carbonyl (C=O) groups is 1. The van der Waals surface area contributed by atoms with Crippen LogP contribution in [0.25, 0.3) is 0 Å². The molecule has 0 aliphatic carbocycles. The molecule has 0 aromatic heterocycles. The molecule has 1 aliphatic heterocycles. The molecule has 0 saturated carbocycles. The first kappa shape index (κ1) is 14.9. The number of hydrogen-bond donors (Lipinski definition) is 1. The van der Waals surface area contributed by atoms with E-state index in [2.05, 4.69) is 11.4 Å². The second-order valence-electron chi connectivity index (χ2n) is 5.41. The van der Waals surface area contributed by atoms with Crippen LogP contribution in [0.4, 0.5) is 5.69 Å². The Morgan fingerprint density at radius 2 is 2.00 bits per heavy atom. The van der Waals surface area contributed by atoms with E-state index in [9.17, 15) is 10.1 Å². The fraction of sp³-hybridized carbons (Fsp3) is 0.222. The summed E-state index contributed by atoms with van der Waals surface area (Å²) in [6.07, 6.45) is 0. The second kappa shape index (κ2) is 6.01. The lowest BCUT2D eigenvalue weighted by molar-refractivity contribution is 0.101. The van der Waals surface area contributed by atoms with Crippen LogP contribution in [0.2, 0.25) is 0 Å². The molecule has 1 N–H and O–H groups in total. The van der Waals surface area contributed by atoms with E-state index < -0.39 is 0 Å². The SMILES string of the molecule is CC(=O)c1ccc(C#N)c(NC(C)c2ccc3c(c2)OCO3)c1. The minimum Gasteiger partial charge on any atom is -0.454 e. The Hall–Kier alpha value is -3.00. The van der Waals surface area contributed by atoms with Gasteiger partial charge in [0, 0.05) is 11.6 Å². The molecule has 0 fully saturated rings. The van der Waals surface area contributed by atoms with E-state index in [1.807, 2.05) is 25.1 Å². The normalized spacial score (nSPS) is 13.3. The lowest BCUT2D eigenvalue weighted by atomic mass is 10.0. The van der Waals surface area contributed by atoms with Crippen molar-refractivity contribution in [2.24, 2.45) is 0 Å². The van der Waals surface area contributed by atoms with Crippen molar-refractivity contribution in [1.29, 1.82) is 5.26 Å². The molecule has 5 heteroatoms. The maximum Gasteiger partial charge on any atom is 0.231 e. The number of carbonyl (C=O) groups excluding carboxylic acids is 1. The lowest BCUT2D eigenvalue weighted by Gasteiger charge is -2.17. The number of Topliss-reactive ketones (excluding diaryl/α,β-unsaturated/α-hetero) is 1. The summed E-state index contributed by atoms with van der Waals surface area (Å²) < 4.78 is 10.7. The van der Waals surface area contributed by atoms with Gasteiger partial charge in [-0.1, -0.05) is 6.07 Å². The van der Waals surface area contributed by atoms with Crippen molar-refractivity contribution in [1.82, 2.24) is 0 Å². The van der Waals surface area contributed by atoms with Gasteiger partial charge in [-0.3, -0.25) is 4.79 Å². The van der Waals surface area contributed by atoms with Gasteiger partial charge in [0.05, 0.1) is 11.3 Å². The minimum atomic E-state index is -0.0567. The number of nitriles is 1. The predicted molar refractivity (Wildman–Crippen MR) is 85.8 cm³/mol. The maximum absolute atomic E-state index is 11.5. The summed E-state index contributed by atoms with van der Waals surface area (Å²) in [4.78, 5) is 11.5. The van der Waals surface area contributed by atoms with E-state index in [1.54, 1.807) is 18.2 Å². The molecule has 1 heterocycles. The Kier molecular flexibility index (Phi) is 3.90. The predicted octanol–water partition coefficient (Wildman–Crippen LogP) is 3.66. The number of hydrogen-bond acceptors (Lipinski definition) is 5. The van der Waals surface area contributed by atoms with Gasteiger partial charge in [0.15, 0.2) is 17.3 Å². The van der Waals surface area contributed by atoms with Gasteiger partial charge in [0.25, 0.3) is 0 Å². The van der Waals surface area contributed by atoms with E-state index in [4.69, 9.17) is 9.47 Å².